The van der Waals surface area contributed by atoms with E-state index in [9.17, 15) is 4.79 Å². The van der Waals surface area contributed by atoms with Gasteiger partial charge in [0, 0.05) is 42.8 Å². The number of rotatable bonds is 8. The minimum Gasteiger partial charge on any atom is -0.459 e. The number of amides is 1. The maximum atomic E-state index is 13.2. The summed E-state index contributed by atoms with van der Waals surface area (Å²) >= 11 is 6.28. The van der Waals surface area contributed by atoms with Crippen LogP contribution < -0.4 is 0 Å². The first kappa shape index (κ1) is 22.1. The lowest BCUT2D eigenvalue weighted by Crippen LogP contribution is -2.32. The van der Waals surface area contributed by atoms with E-state index in [1.807, 2.05) is 31.2 Å². The molecule has 2 heterocycles. The summed E-state index contributed by atoms with van der Waals surface area (Å²) in [6.45, 7) is 3.54. The molecule has 0 saturated heterocycles. The molecule has 0 atom stereocenters. The van der Waals surface area contributed by atoms with Crippen molar-refractivity contribution in [2.24, 2.45) is 0 Å². The minimum atomic E-state index is -0.160. The number of hydrogen-bond acceptors (Lipinski definition) is 4. The van der Waals surface area contributed by atoms with Crippen molar-refractivity contribution in [3.05, 3.63) is 88.8 Å². The van der Waals surface area contributed by atoms with Gasteiger partial charge in [0.25, 0.3) is 5.91 Å². The van der Waals surface area contributed by atoms with Crippen LogP contribution in [-0.4, -0.2) is 36.1 Å². The van der Waals surface area contributed by atoms with Crippen LogP contribution in [0.1, 0.15) is 28.1 Å². The first-order valence-corrected chi connectivity index (χ1v) is 10.9. The van der Waals surface area contributed by atoms with Crippen molar-refractivity contribution in [1.29, 1.82) is 0 Å². The van der Waals surface area contributed by atoms with Crippen LogP contribution in [-0.2, 0) is 11.3 Å². The molecule has 5 nitrogen and oxygen atoms in total. The van der Waals surface area contributed by atoms with E-state index in [0.29, 0.717) is 30.5 Å². The number of furan rings is 1. The summed E-state index contributed by atoms with van der Waals surface area (Å²) in [7, 11) is 1.66. The second-order valence-electron chi connectivity index (χ2n) is 7.75. The molecule has 0 N–H and O–H groups in total. The molecular formula is C26H25ClN2O3. The highest BCUT2D eigenvalue weighted by Crippen LogP contribution is 2.29. The third kappa shape index (κ3) is 5.01. The molecule has 2 aromatic heterocycles. The number of ether oxygens (including phenoxy) is 1. The molecule has 0 fully saturated rings. The van der Waals surface area contributed by atoms with Gasteiger partial charge in [0.1, 0.15) is 0 Å². The van der Waals surface area contributed by atoms with Gasteiger partial charge in [-0.05, 0) is 60.9 Å². The first-order valence-electron chi connectivity index (χ1n) is 10.5. The molecular weight excluding hydrogens is 424 g/mol. The Morgan fingerprint density at radius 3 is 2.75 bits per heavy atom. The number of hydrogen-bond donors (Lipinski definition) is 0. The third-order valence-corrected chi connectivity index (χ3v) is 5.54. The maximum absolute atomic E-state index is 13.2. The Morgan fingerprint density at radius 2 is 2.00 bits per heavy atom. The molecule has 4 aromatic rings. The summed E-state index contributed by atoms with van der Waals surface area (Å²) in [6, 6.07) is 19.4. The topological polar surface area (TPSA) is 55.6 Å². The SMILES string of the molecule is COCCCN(Cc1cc2ccc(C)cc2nc1-c1cccc(Cl)c1)C(=O)c1ccco1. The summed E-state index contributed by atoms with van der Waals surface area (Å²) in [5, 5.41) is 1.67. The van der Waals surface area contributed by atoms with Crippen LogP contribution in [0.3, 0.4) is 0 Å². The Hall–Kier alpha value is -3.15. The van der Waals surface area contributed by atoms with E-state index in [-0.39, 0.29) is 5.91 Å². The monoisotopic (exact) mass is 448 g/mol. The zero-order valence-corrected chi connectivity index (χ0v) is 18.9. The van der Waals surface area contributed by atoms with E-state index in [1.54, 1.807) is 24.1 Å². The smallest absolute Gasteiger partial charge is 0.289 e. The molecule has 1 amide bonds. The lowest BCUT2D eigenvalue weighted by molar-refractivity contribution is 0.0692. The molecule has 0 aliphatic carbocycles. The lowest BCUT2D eigenvalue weighted by atomic mass is 10.0. The van der Waals surface area contributed by atoms with Gasteiger partial charge in [-0.15, -0.1) is 0 Å². The standard InChI is InChI=1S/C26H25ClN2O3/c1-18-9-10-19-15-21(25(28-23(19)14-18)20-6-3-7-22(27)16-20)17-29(11-5-12-31-2)26(30)24-8-4-13-32-24/h3-4,6-10,13-16H,5,11-12,17H2,1-2H3. The predicted molar refractivity (Wildman–Crippen MR) is 127 cm³/mol. The van der Waals surface area contributed by atoms with Gasteiger partial charge in [-0.1, -0.05) is 35.9 Å². The van der Waals surface area contributed by atoms with E-state index in [1.165, 1.54) is 6.26 Å². The molecule has 2 aromatic carbocycles. The normalized spacial score (nSPS) is 11.1. The number of aryl methyl sites for hydroxylation is 1. The highest BCUT2D eigenvalue weighted by Gasteiger charge is 2.21. The van der Waals surface area contributed by atoms with Crippen molar-refractivity contribution in [2.75, 3.05) is 20.3 Å². The number of benzene rings is 2. The van der Waals surface area contributed by atoms with Crippen LogP contribution in [0.25, 0.3) is 22.2 Å². The summed E-state index contributed by atoms with van der Waals surface area (Å²) in [5.41, 5.74) is 4.73. The van der Waals surface area contributed by atoms with Gasteiger partial charge in [-0.2, -0.15) is 0 Å². The van der Waals surface area contributed by atoms with E-state index in [0.717, 1.165) is 39.7 Å². The predicted octanol–water partition coefficient (Wildman–Crippen LogP) is 6.14. The summed E-state index contributed by atoms with van der Waals surface area (Å²) in [5.74, 6) is 0.156. The van der Waals surface area contributed by atoms with E-state index in [4.69, 9.17) is 25.7 Å². The first-order chi connectivity index (χ1) is 15.5. The average molecular weight is 449 g/mol. The second kappa shape index (κ2) is 9.98. The van der Waals surface area contributed by atoms with Crippen molar-refractivity contribution in [2.45, 2.75) is 19.9 Å². The van der Waals surface area contributed by atoms with Crippen LogP contribution in [0.2, 0.25) is 5.02 Å². The van der Waals surface area contributed by atoms with Gasteiger partial charge in [0.05, 0.1) is 17.5 Å². The molecule has 32 heavy (non-hydrogen) atoms. The molecule has 0 unspecified atom stereocenters. The minimum absolute atomic E-state index is 0.160. The van der Waals surface area contributed by atoms with Gasteiger partial charge in [-0.25, -0.2) is 4.98 Å². The summed E-state index contributed by atoms with van der Waals surface area (Å²) in [4.78, 5) is 19.9. The fourth-order valence-electron chi connectivity index (χ4n) is 3.74. The highest BCUT2D eigenvalue weighted by atomic mass is 35.5. The number of carbonyl (C=O) groups is 1. The Kier molecular flexibility index (Phi) is 6.88. The fourth-order valence-corrected chi connectivity index (χ4v) is 3.93. The molecule has 0 bridgehead atoms. The van der Waals surface area contributed by atoms with Gasteiger partial charge in [-0.3, -0.25) is 4.79 Å². The number of halogens is 1. The number of carbonyl (C=O) groups excluding carboxylic acids is 1. The largest absolute Gasteiger partial charge is 0.459 e. The Bertz CT molecular complexity index is 1220. The Labute approximate surface area is 192 Å². The molecule has 6 heteroatoms. The average Bonchev–Trinajstić information content (AvgIpc) is 3.33. The van der Waals surface area contributed by atoms with Crippen LogP contribution in [0.15, 0.2) is 71.3 Å². The van der Waals surface area contributed by atoms with Crippen molar-refractivity contribution >= 4 is 28.4 Å². The summed E-state index contributed by atoms with van der Waals surface area (Å²) < 4.78 is 10.6. The Morgan fingerprint density at radius 1 is 1.12 bits per heavy atom. The van der Waals surface area contributed by atoms with Crippen molar-refractivity contribution in [3.8, 4) is 11.3 Å². The van der Waals surface area contributed by atoms with Crippen molar-refractivity contribution in [3.63, 3.8) is 0 Å². The van der Waals surface area contributed by atoms with Gasteiger partial charge in [0.2, 0.25) is 0 Å². The highest BCUT2D eigenvalue weighted by molar-refractivity contribution is 6.30. The molecule has 0 saturated carbocycles. The second-order valence-corrected chi connectivity index (χ2v) is 8.19. The van der Waals surface area contributed by atoms with Crippen LogP contribution in [0.5, 0.6) is 0 Å². The number of methoxy groups -OCH3 is 1. The van der Waals surface area contributed by atoms with Gasteiger partial charge >= 0.3 is 0 Å². The zero-order valence-electron chi connectivity index (χ0n) is 18.2. The van der Waals surface area contributed by atoms with Crippen molar-refractivity contribution < 1.29 is 13.9 Å². The van der Waals surface area contributed by atoms with Crippen LogP contribution >= 0.6 is 11.6 Å². The molecule has 0 aliphatic heterocycles. The van der Waals surface area contributed by atoms with Gasteiger partial charge in [0.15, 0.2) is 5.76 Å². The third-order valence-electron chi connectivity index (χ3n) is 5.31. The van der Waals surface area contributed by atoms with E-state index < -0.39 is 0 Å². The zero-order chi connectivity index (χ0) is 22.5. The quantitative estimate of drug-likeness (QED) is 0.304. The number of nitrogens with zero attached hydrogens (tertiary/aromatic N) is 2. The Balaban J connectivity index is 1.78. The van der Waals surface area contributed by atoms with Crippen molar-refractivity contribution in [1.82, 2.24) is 9.88 Å². The van der Waals surface area contributed by atoms with Crippen LogP contribution in [0.4, 0.5) is 0 Å². The number of pyridine rings is 1. The van der Waals surface area contributed by atoms with Crippen LogP contribution in [0, 0.1) is 6.92 Å². The van der Waals surface area contributed by atoms with Gasteiger partial charge < -0.3 is 14.1 Å². The molecule has 164 valence electrons. The molecule has 0 spiro atoms. The van der Waals surface area contributed by atoms with E-state index in [2.05, 4.69) is 24.3 Å². The number of fused-ring (bicyclic) bond motifs is 1. The summed E-state index contributed by atoms with van der Waals surface area (Å²) in [6.07, 6.45) is 2.23. The lowest BCUT2D eigenvalue weighted by Gasteiger charge is -2.23. The molecule has 0 aliphatic rings. The maximum Gasteiger partial charge on any atom is 0.289 e. The van der Waals surface area contributed by atoms with E-state index >= 15 is 0 Å². The molecule has 0 radical (unpaired) electrons. The molecule has 4 rings (SSSR count). The fraction of sp³-hybridized carbons (Fsp3) is 0.231. The number of aromatic nitrogens is 1.